The highest BCUT2D eigenvalue weighted by Gasteiger charge is 2.39. The molecule has 7 nitrogen and oxygen atoms in total. The summed E-state index contributed by atoms with van der Waals surface area (Å²) in [6.45, 7) is 6.42. The van der Waals surface area contributed by atoms with Gasteiger partial charge in [0.25, 0.3) is 5.91 Å². The molecule has 7 heteroatoms. The topological polar surface area (TPSA) is 77.3 Å². The molecule has 1 amide bonds. The summed E-state index contributed by atoms with van der Waals surface area (Å²) >= 11 is 0. The minimum atomic E-state index is -0.0129. The van der Waals surface area contributed by atoms with Gasteiger partial charge >= 0.3 is 0 Å². The molecule has 2 N–H and O–H groups in total. The Morgan fingerprint density at radius 1 is 1.18 bits per heavy atom. The van der Waals surface area contributed by atoms with Gasteiger partial charge < -0.3 is 24.8 Å². The number of ether oxygens (including phenoxy) is 3. The van der Waals surface area contributed by atoms with Crippen molar-refractivity contribution in [3.8, 4) is 11.5 Å². The van der Waals surface area contributed by atoms with Crippen LogP contribution in [0.25, 0.3) is 0 Å². The molecule has 34 heavy (non-hydrogen) atoms. The molecular formula is C27H35N3O4. The molecule has 182 valence electrons. The van der Waals surface area contributed by atoms with E-state index in [4.69, 9.17) is 19.9 Å². The molecule has 2 saturated heterocycles. The molecule has 3 atom stereocenters. The molecule has 0 aromatic heterocycles. The normalized spacial score (nSPS) is 24.8. The lowest BCUT2D eigenvalue weighted by molar-refractivity contribution is -0.137. The number of piperidine rings is 1. The number of aryl methyl sites for hydroxylation is 1. The number of hydrogen-bond donors (Lipinski definition) is 1. The Balaban J connectivity index is 1.36. The van der Waals surface area contributed by atoms with Crippen molar-refractivity contribution in [2.75, 3.05) is 53.1 Å². The first-order chi connectivity index (χ1) is 16.5. The van der Waals surface area contributed by atoms with Gasteiger partial charge in [-0.2, -0.15) is 0 Å². The zero-order valence-corrected chi connectivity index (χ0v) is 20.2. The fraction of sp³-hybridized carbons (Fsp3) is 0.519. The van der Waals surface area contributed by atoms with Crippen molar-refractivity contribution in [3.05, 3.63) is 58.7 Å². The fourth-order valence-electron chi connectivity index (χ4n) is 5.71. The highest BCUT2D eigenvalue weighted by Crippen LogP contribution is 2.45. The van der Waals surface area contributed by atoms with Crippen LogP contribution in [-0.2, 0) is 16.0 Å². The number of amides is 1. The van der Waals surface area contributed by atoms with Gasteiger partial charge in [-0.25, -0.2) is 0 Å². The van der Waals surface area contributed by atoms with Crippen LogP contribution in [0.2, 0.25) is 0 Å². The van der Waals surface area contributed by atoms with Crippen molar-refractivity contribution in [1.82, 2.24) is 9.80 Å². The van der Waals surface area contributed by atoms with E-state index in [-0.39, 0.29) is 24.6 Å². The number of nitrogens with zero attached hydrogens (tertiary/aromatic N) is 2. The predicted octanol–water partition coefficient (Wildman–Crippen LogP) is 2.66. The number of nitrogens with two attached hydrogens (primary N) is 1. The van der Waals surface area contributed by atoms with Gasteiger partial charge in [0.15, 0.2) is 18.1 Å². The first kappa shape index (κ1) is 23.1. The van der Waals surface area contributed by atoms with Crippen LogP contribution >= 0.6 is 0 Å². The number of rotatable bonds is 5. The molecule has 0 bridgehead atoms. The van der Waals surface area contributed by atoms with Gasteiger partial charge in [0.05, 0.1) is 20.3 Å². The molecule has 5 rings (SSSR count). The van der Waals surface area contributed by atoms with E-state index in [1.165, 1.54) is 16.7 Å². The monoisotopic (exact) mass is 465 g/mol. The van der Waals surface area contributed by atoms with Crippen LogP contribution in [0.1, 0.15) is 40.6 Å². The van der Waals surface area contributed by atoms with Crippen molar-refractivity contribution in [1.29, 1.82) is 0 Å². The van der Waals surface area contributed by atoms with Crippen LogP contribution < -0.4 is 15.2 Å². The van der Waals surface area contributed by atoms with E-state index in [0.717, 1.165) is 31.5 Å². The predicted molar refractivity (Wildman–Crippen MR) is 130 cm³/mol. The molecule has 3 aliphatic heterocycles. The minimum absolute atomic E-state index is 0.0101. The number of benzene rings is 2. The van der Waals surface area contributed by atoms with Crippen LogP contribution in [0, 0.1) is 6.92 Å². The average Bonchev–Trinajstić information content (AvgIpc) is 2.87. The lowest BCUT2D eigenvalue weighted by Crippen LogP contribution is -2.49. The smallest absolute Gasteiger partial charge is 0.260 e. The van der Waals surface area contributed by atoms with Crippen LogP contribution in [0.15, 0.2) is 36.4 Å². The molecular weight excluding hydrogens is 430 g/mol. The van der Waals surface area contributed by atoms with Crippen molar-refractivity contribution in [2.45, 2.75) is 37.8 Å². The standard InChI is InChI=1S/C27H35N3O4/c1-18-4-3-5-19(14-18)22-16-30-9-8-21-20(24(30)15-23(22)28)6-7-25(32-2)27(21)34-17-26(31)29-10-12-33-13-11-29/h3-7,14,22-24H,8-13,15-17,28H2,1-2H3/t22-,23+,24+/m1/s1. The molecule has 0 aliphatic carbocycles. The van der Waals surface area contributed by atoms with Gasteiger partial charge in [-0.05, 0) is 37.0 Å². The van der Waals surface area contributed by atoms with Gasteiger partial charge in [0.1, 0.15) is 0 Å². The number of carbonyl (C=O) groups is 1. The maximum absolute atomic E-state index is 12.7. The van der Waals surface area contributed by atoms with E-state index in [1.807, 2.05) is 6.07 Å². The Morgan fingerprint density at radius 2 is 2.00 bits per heavy atom. The van der Waals surface area contributed by atoms with Crippen molar-refractivity contribution in [2.24, 2.45) is 5.73 Å². The third-order valence-electron chi connectivity index (χ3n) is 7.55. The van der Waals surface area contributed by atoms with Crippen molar-refractivity contribution < 1.29 is 19.0 Å². The lowest BCUT2D eigenvalue weighted by atomic mass is 9.78. The molecule has 3 heterocycles. The fourth-order valence-corrected chi connectivity index (χ4v) is 5.71. The lowest BCUT2D eigenvalue weighted by Gasteiger charge is -2.46. The largest absolute Gasteiger partial charge is 0.493 e. The van der Waals surface area contributed by atoms with E-state index in [9.17, 15) is 4.79 Å². The minimum Gasteiger partial charge on any atom is -0.493 e. The van der Waals surface area contributed by atoms with Gasteiger partial charge in [-0.1, -0.05) is 35.9 Å². The third kappa shape index (κ3) is 4.52. The number of morpholine rings is 1. The van der Waals surface area contributed by atoms with E-state index < -0.39 is 0 Å². The van der Waals surface area contributed by atoms with Gasteiger partial charge in [-0.3, -0.25) is 9.69 Å². The highest BCUT2D eigenvalue weighted by atomic mass is 16.5. The second kappa shape index (κ2) is 9.94. The molecule has 3 aliphatic rings. The first-order valence-corrected chi connectivity index (χ1v) is 12.3. The van der Waals surface area contributed by atoms with E-state index in [0.29, 0.717) is 43.7 Å². The number of hydrogen-bond acceptors (Lipinski definition) is 6. The maximum Gasteiger partial charge on any atom is 0.260 e. The second-order valence-electron chi connectivity index (χ2n) is 9.63. The third-order valence-corrected chi connectivity index (χ3v) is 7.55. The molecule has 2 aromatic rings. The average molecular weight is 466 g/mol. The first-order valence-electron chi connectivity index (χ1n) is 12.3. The number of carbonyl (C=O) groups excluding carboxylic acids is 1. The Bertz CT molecular complexity index is 1040. The van der Waals surface area contributed by atoms with Gasteiger partial charge in [0.2, 0.25) is 0 Å². The highest BCUT2D eigenvalue weighted by molar-refractivity contribution is 5.78. The van der Waals surface area contributed by atoms with Crippen LogP contribution in [0.5, 0.6) is 11.5 Å². The second-order valence-corrected chi connectivity index (χ2v) is 9.63. The summed E-state index contributed by atoms with van der Waals surface area (Å²) in [6.07, 6.45) is 1.75. The maximum atomic E-state index is 12.7. The van der Waals surface area contributed by atoms with Crippen molar-refractivity contribution in [3.63, 3.8) is 0 Å². The summed E-state index contributed by atoms with van der Waals surface area (Å²) in [5, 5.41) is 0. The molecule has 2 aromatic carbocycles. The van der Waals surface area contributed by atoms with Gasteiger partial charge in [-0.15, -0.1) is 0 Å². The molecule has 0 radical (unpaired) electrons. The molecule has 0 saturated carbocycles. The quantitative estimate of drug-likeness (QED) is 0.732. The summed E-state index contributed by atoms with van der Waals surface area (Å²) < 4.78 is 17.1. The van der Waals surface area contributed by atoms with Crippen LogP contribution in [0.4, 0.5) is 0 Å². The zero-order chi connectivity index (χ0) is 23.7. The Morgan fingerprint density at radius 3 is 2.76 bits per heavy atom. The zero-order valence-electron chi connectivity index (χ0n) is 20.2. The Kier molecular flexibility index (Phi) is 6.77. The number of methoxy groups -OCH3 is 1. The van der Waals surface area contributed by atoms with E-state index >= 15 is 0 Å². The summed E-state index contributed by atoms with van der Waals surface area (Å²) in [4.78, 5) is 17.1. The Labute approximate surface area is 201 Å². The van der Waals surface area contributed by atoms with E-state index in [2.05, 4.69) is 42.2 Å². The summed E-state index contributed by atoms with van der Waals surface area (Å²) in [5.41, 5.74) is 11.8. The van der Waals surface area contributed by atoms with Crippen LogP contribution in [0.3, 0.4) is 0 Å². The Hall–Kier alpha value is -2.61. The van der Waals surface area contributed by atoms with Crippen molar-refractivity contribution >= 4 is 5.91 Å². The summed E-state index contributed by atoms with van der Waals surface area (Å²) in [7, 11) is 1.65. The SMILES string of the molecule is COc1ccc2c(c1OCC(=O)N1CCOCC1)CCN1C[C@H](c3cccc(C)c3)[C@@H](N)C[C@@H]21. The molecule has 0 spiro atoms. The molecule has 0 unspecified atom stereocenters. The number of fused-ring (bicyclic) bond motifs is 3. The molecule has 2 fully saturated rings. The summed E-state index contributed by atoms with van der Waals surface area (Å²) in [5.74, 6) is 1.70. The van der Waals surface area contributed by atoms with E-state index in [1.54, 1.807) is 12.0 Å². The summed E-state index contributed by atoms with van der Waals surface area (Å²) in [6, 6.07) is 13.2. The van der Waals surface area contributed by atoms with Gasteiger partial charge in [0, 0.05) is 49.7 Å². The van der Waals surface area contributed by atoms with Crippen LogP contribution in [-0.4, -0.2) is 74.9 Å².